The fraction of sp³-hybridized carbons (Fsp3) is 1.00. The van der Waals surface area contributed by atoms with E-state index in [4.69, 9.17) is 9.88 Å². The predicted octanol–water partition coefficient (Wildman–Crippen LogP) is -0.226. The second-order valence-electron chi connectivity index (χ2n) is 3.65. The fourth-order valence-electron chi connectivity index (χ4n) is 2.10. The van der Waals surface area contributed by atoms with Gasteiger partial charge < -0.3 is 4.74 Å². The lowest BCUT2D eigenvalue weighted by Crippen LogP contribution is -2.26. The van der Waals surface area contributed by atoms with Crippen molar-refractivity contribution in [3.05, 3.63) is 0 Å². The number of rotatable bonds is 3. The van der Waals surface area contributed by atoms with Crippen LogP contribution in [0.5, 0.6) is 0 Å². The third-order valence-electron chi connectivity index (χ3n) is 2.68. The van der Waals surface area contributed by atoms with Crippen molar-refractivity contribution in [3.63, 3.8) is 0 Å². The van der Waals surface area contributed by atoms with Gasteiger partial charge in [-0.25, -0.2) is 5.14 Å². The third-order valence-corrected chi connectivity index (χ3v) is 3.14. The van der Waals surface area contributed by atoms with Gasteiger partial charge in [0.2, 0.25) is 0 Å². The summed E-state index contributed by atoms with van der Waals surface area (Å²) >= 11 is 0. The van der Waals surface area contributed by atoms with Gasteiger partial charge in [0.15, 0.2) is 0 Å². The summed E-state index contributed by atoms with van der Waals surface area (Å²) < 4.78 is 31.1. The second-order valence-corrected chi connectivity index (χ2v) is 4.87. The monoisotopic (exact) mass is 207 g/mol. The zero-order chi connectivity index (χ0) is 9.47. The Labute approximate surface area is 77.5 Å². The molecule has 76 valence electrons. The average Bonchev–Trinajstić information content (AvgIpc) is 2.58. The fourth-order valence-corrected chi connectivity index (χ4v) is 2.47. The maximum Gasteiger partial charge on any atom is 0.333 e. The van der Waals surface area contributed by atoms with Crippen LogP contribution in [0, 0.1) is 5.92 Å². The molecule has 6 heteroatoms. The summed E-state index contributed by atoms with van der Waals surface area (Å²) in [6, 6.07) is 0. The standard InChI is InChI=1S/C7H13NO4S/c8-13(9,10)11-4-5-3-6-1-2-7(5)12-6/h5-7H,1-4H2,(H2,8,9,10). The highest BCUT2D eigenvalue weighted by molar-refractivity contribution is 7.84. The Kier molecular flexibility index (Phi) is 2.31. The number of hydrogen-bond acceptors (Lipinski definition) is 4. The van der Waals surface area contributed by atoms with E-state index in [-0.39, 0.29) is 18.6 Å². The van der Waals surface area contributed by atoms with Gasteiger partial charge in [-0.15, -0.1) is 0 Å². The molecule has 2 fully saturated rings. The van der Waals surface area contributed by atoms with Crippen molar-refractivity contribution in [3.8, 4) is 0 Å². The first-order chi connectivity index (χ1) is 6.04. The molecule has 2 saturated heterocycles. The minimum Gasteiger partial charge on any atom is -0.375 e. The molecule has 0 aromatic heterocycles. The van der Waals surface area contributed by atoms with Crippen molar-refractivity contribution in [1.82, 2.24) is 0 Å². The molecule has 13 heavy (non-hydrogen) atoms. The highest BCUT2D eigenvalue weighted by atomic mass is 32.2. The zero-order valence-corrected chi connectivity index (χ0v) is 8.00. The normalized spacial score (nSPS) is 38.4. The van der Waals surface area contributed by atoms with Crippen molar-refractivity contribution in [1.29, 1.82) is 0 Å². The van der Waals surface area contributed by atoms with Crippen molar-refractivity contribution in [2.75, 3.05) is 6.61 Å². The summed E-state index contributed by atoms with van der Waals surface area (Å²) in [4.78, 5) is 0. The molecule has 2 bridgehead atoms. The first-order valence-electron chi connectivity index (χ1n) is 4.37. The lowest BCUT2D eigenvalue weighted by molar-refractivity contribution is 0.0833. The van der Waals surface area contributed by atoms with Gasteiger partial charge in [0, 0.05) is 5.92 Å². The summed E-state index contributed by atoms with van der Waals surface area (Å²) in [5.41, 5.74) is 0. The maximum atomic E-state index is 10.5. The summed E-state index contributed by atoms with van der Waals surface area (Å²) in [6.07, 6.45) is 3.52. The minimum atomic E-state index is -3.78. The van der Waals surface area contributed by atoms with E-state index >= 15 is 0 Å². The second kappa shape index (κ2) is 3.20. The van der Waals surface area contributed by atoms with E-state index < -0.39 is 10.3 Å². The van der Waals surface area contributed by atoms with Gasteiger partial charge in [0.25, 0.3) is 0 Å². The molecule has 0 spiro atoms. The van der Waals surface area contributed by atoms with Crippen molar-refractivity contribution in [2.45, 2.75) is 31.5 Å². The van der Waals surface area contributed by atoms with Gasteiger partial charge in [0.1, 0.15) is 0 Å². The van der Waals surface area contributed by atoms with Crippen LogP contribution in [0.25, 0.3) is 0 Å². The first kappa shape index (κ1) is 9.39. The summed E-state index contributed by atoms with van der Waals surface area (Å²) in [5, 5.41) is 4.72. The predicted molar refractivity (Wildman–Crippen MR) is 45.1 cm³/mol. The van der Waals surface area contributed by atoms with Crippen LogP contribution in [0.15, 0.2) is 0 Å². The molecule has 2 N–H and O–H groups in total. The molecule has 2 aliphatic heterocycles. The Hall–Kier alpha value is -0.170. The van der Waals surface area contributed by atoms with Crippen LogP contribution in [0.1, 0.15) is 19.3 Å². The van der Waals surface area contributed by atoms with Gasteiger partial charge in [-0.05, 0) is 19.3 Å². The molecule has 3 atom stereocenters. The smallest absolute Gasteiger partial charge is 0.333 e. The van der Waals surface area contributed by atoms with Crippen LogP contribution >= 0.6 is 0 Å². The number of ether oxygens (including phenoxy) is 1. The summed E-state index contributed by atoms with van der Waals surface area (Å²) in [7, 11) is -3.78. The Morgan fingerprint density at radius 3 is 2.69 bits per heavy atom. The SMILES string of the molecule is NS(=O)(=O)OCC1CC2CCC1O2. The largest absolute Gasteiger partial charge is 0.375 e. The average molecular weight is 207 g/mol. The van der Waals surface area contributed by atoms with E-state index in [1.54, 1.807) is 0 Å². The minimum absolute atomic E-state index is 0.167. The molecule has 5 nitrogen and oxygen atoms in total. The molecule has 0 amide bonds. The molecule has 3 unspecified atom stereocenters. The van der Waals surface area contributed by atoms with E-state index in [9.17, 15) is 8.42 Å². The lowest BCUT2D eigenvalue weighted by atomic mass is 9.90. The van der Waals surface area contributed by atoms with E-state index in [0.717, 1.165) is 19.3 Å². The lowest BCUT2D eigenvalue weighted by Gasteiger charge is -2.16. The van der Waals surface area contributed by atoms with Crippen LogP contribution in [0.2, 0.25) is 0 Å². The third kappa shape index (κ3) is 2.19. The van der Waals surface area contributed by atoms with Crippen LogP contribution in [0.4, 0.5) is 0 Å². The zero-order valence-electron chi connectivity index (χ0n) is 7.18. The molecule has 2 aliphatic rings. The molecule has 0 saturated carbocycles. The van der Waals surface area contributed by atoms with Gasteiger partial charge in [0.05, 0.1) is 18.8 Å². The molecule has 2 heterocycles. The van der Waals surface area contributed by atoms with Crippen molar-refractivity contribution >= 4 is 10.3 Å². The Bertz CT molecular complexity index is 289. The molecule has 2 rings (SSSR count). The molecule has 0 aromatic rings. The summed E-state index contributed by atoms with van der Waals surface area (Å²) in [6.45, 7) is 0.167. The van der Waals surface area contributed by atoms with Crippen LogP contribution in [-0.4, -0.2) is 27.2 Å². The van der Waals surface area contributed by atoms with Crippen LogP contribution in [0.3, 0.4) is 0 Å². The van der Waals surface area contributed by atoms with Crippen molar-refractivity contribution < 1.29 is 17.3 Å². The highest BCUT2D eigenvalue weighted by Crippen LogP contribution is 2.38. The van der Waals surface area contributed by atoms with Gasteiger partial charge in [-0.2, -0.15) is 8.42 Å². The number of hydrogen-bond donors (Lipinski definition) is 1. The summed E-state index contributed by atoms with van der Waals surface area (Å²) in [5.74, 6) is 0.206. The quantitative estimate of drug-likeness (QED) is 0.693. The molecular formula is C7H13NO4S. The van der Waals surface area contributed by atoms with Crippen molar-refractivity contribution in [2.24, 2.45) is 11.1 Å². The number of nitrogens with two attached hydrogens (primary N) is 1. The van der Waals surface area contributed by atoms with E-state index in [2.05, 4.69) is 4.18 Å². The molecule has 0 radical (unpaired) electrons. The van der Waals surface area contributed by atoms with Gasteiger partial charge >= 0.3 is 10.3 Å². The van der Waals surface area contributed by atoms with E-state index in [1.165, 1.54) is 0 Å². The Morgan fingerprint density at radius 2 is 2.23 bits per heavy atom. The maximum absolute atomic E-state index is 10.5. The topological polar surface area (TPSA) is 78.6 Å². The first-order valence-corrected chi connectivity index (χ1v) is 5.84. The van der Waals surface area contributed by atoms with Gasteiger partial charge in [-0.1, -0.05) is 0 Å². The van der Waals surface area contributed by atoms with E-state index in [0.29, 0.717) is 6.10 Å². The number of fused-ring (bicyclic) bond motifs is 2. The van der Waals surface area contributed by atoms with Gasteiger partial charge in [-0.3, -0.25) is 4.18 Å². The molecular weight excluding hydrogens is 194 g/mol. The molecule has 0 aromatic carbocycles. The van der Waals surface area contributed by atoms with E-state index in [1.807, 2.05) is 0 Å². The van der Waals surface area contributed by atoms with Crippen LogP contribution in [-0.2, 0) is 19.2 Å². The highest BCUT2D eigenvalue weighted by Gasteiger charge is 2.41. The Morgan fingerprint density at radius 1 is 1.46 bits per heavy atom. The van der Waals surface area contributed by atoms with Crippen LogP contribution < -0.4 is 5.14 Å². The molecule has 0 aliphatic carbocycles. The Balaban J connectivity index is 1.84.